The number of aromatic nitrogens is 2. The number of rotatable bonds is 1. The van der Waals surface area contributed by atoms with Gasteiger partial charge in [-0.15, -0.1) is 10.2 Å². The average Bonchev–Trinajstić information content (AvgIpc) is 3.11. The summed E-state index contributed by atoms with van der Waals surface area (Å²) in [4.78, 5) is 20.5. The van der Waals surface area contributed by atoms with Crippen molar-refractivity contribution in [2.24, 2.45) is 4.99 Å². The van der Waals surface area contributed by atoms with Crippen LogP contribution in [-0.2, 0) is 4.74 Å². The third kappa shape index (κ3) is 3.96. The summed E-state index contributed by atoms with van der Waals surface area (Å²) in [6, 6.07) is 5.94. The van der Waals surface area contributed by atoms with E-state index < -0.39 is 23.3 Å². The number of hydrogen-bond acceptors (Lipinski definition) is 7. The lowest BCUT2D eigenvalue weighted by Gasteiger charge is -2.39. The lowest BCUT2D eigenvalue weighted by atomic mass is 10.1. The number of anilines is 2. The number of ether oxygens (including phenoxy) is 1. The van der Waals surface area contributed by atoms with Crippen LogP contribution < -0.4 is 9.80 Å². The molecule has 31 heavy (non-hydrogen) atoms. The Balaban J connectivity index is 1.81. The molecule has 0 bridgehead atoms. The molecule has 0 aliphatic carbocycles. The summed E-state index contributed by atoms with van der Waals surface area (Å²) in [5, 5.41) is 18.6. The lowest BCUT2D eigenvalue weighted by Crippen LogP contribution is -2.50. The number of halogens is 1. The van der Waals surface area contributed by atoms with E-state index in [1.165, 1.54) is 17.0 Å². The average molecular weight is 425 g/mol. The molecule has 2 aromatic rings. The van der Waals surface area contributed by atoms with Crippen LogP contribution in [0, 0.1) is 5.82 Å². The summed E-state index contributed by atoms with van der Waals surface area (Å²) in [7, 11) is 1.67. The molecule has 0 radical (unpaired) electrons. The van der Waals surface area contributed by atoms with Crippen molar-refractivity contribution in [2.75, 3.05) is 29.9 Å². The first-order valence-corrected chi connectivity index (χ1v) is 10.00. The van der Waals surface area contributed by atoms with Crippen molar-refractivity contribution >= 4 is 23.5 Å². The Hall–Kier alpha value is -3.45. The molecule has 2 aliphatic rings. The Kier molecular flexibility index (Phi) is 5.15. The number of para-hydroxylation sites is 1. The molecule has 1 amide bonds. The summed E-state index contributed by atoms with van der Waals surface area (Å²) in [6.07, 6.45) is 0.185. The second-order valence-corrected chi connectivity index (χ2v) is 8.59. The molecule has 1 saturated heterocycles. The number of phenols is 1. The summed E-state index contributed by atoms with van der Waals surface area (Å²) in [6.45, 7) is 6.38. The van der Waals surface area contributed by atoms with Gasteiger partial charge in [0, 0.05) is 31.1 Å². The van der Waals surface area contributed by atoms with Gasteiger partial charge in [-0.3, -0.25) is 4.90 Å². The fraction of sp³-hybridized carbons (Fsp3) is 0.409. The quantitative estimate of drug-likeness (QED) is 0.703. The van der Waals surface area contributed by atoms with Crippen LogP contribution in [0.15, 0.2) is 34.8 Å². The number of amides is 1. The van der Waals surface area contributed by atoms with Gasteiger partial charge in [0.25, 0.3) is 0 Å². The highest BCUT2D eigenvalue weighted by atomic mass is 19.1. The van der Waals surface area contributed by atoms with Gasteiger partial charge in [0.1, 0.15) is 5.60 Å². The molecule has 1 fully saturated rings. The predicted octanol–water partition coefficient (Wildman–Crippen LogP) is 3.55. The van der Waals surface area contributed by atoms with Crippen LogP contribution in [0.25, 0.3) is 11.3 Å². The summed E-state index contributed by atoms with van der Waals surface area (Å²) in [5.74, 6) is 2.15. The molecule has 2 aliphatic heterocycles. The Morgan fingerprint density at radius 1 is 1.35 bits per heavy atom. The van der Waals surface area contributed by atoms with E-state index in [1.807, 2.05) is 0 Å². The molecule has 162 valence electrons. The highest BCUT2D eigenvalue weighted by molar-refractivity contribution is 5.93. The van der Waals surface area contributed by atoms with E-state index in [2.05, 4.69) is 26.0 Å². The van der Waals surface area contributed by atoms with Crippen LogP contribution in [0.5, 0.6) is 5.75 Å². The number of carbonyl (C=O) groups is 1. The fourth-order valence-corrected chi connectivity index (χ4v) is 3.89. The van der Waals surface area contributed by atoms with Crippen molar-refractivity contribution in [3.05, 3.63) is 35.7 Å². The third-order valence-electron chi connectivity index (χ3n) is 5.14. The Morgan fingerprint density at radius 3 is 2.84 bits per heavy atom. The van der Waals surface area contributed by atoms with Crippen LogP contribution in [0.1, 0.15) is 27.2 Å². The minimum atomic E-state index is -0.740. The minimum Gasteiger partial charge on any atom is -0.504 e. The van der Waals surface area contributed by atoms with Crippen molar-refractivity contribution in [1.82, 2.24) is 10.2 Å². The molecule has 9 heteroatoms. The number of aromatic hydroxyl groups is 1. The van der Waals surface area contributed by atoms with Crippen molar-refractivity contribution in [1.29, 1.82) is 0 Å². The molecule has 3 heterocycles. The fourth-order valence-electron chi connectivity index (χ4n) is 3.89. The molecule has 1 N–H and O–H groups in total. The maximum Gasteiger partial charge on any atom is 0.416 e. The molecule has 0 unspecified atom stereocenters. The van der Waals surface area contributed by atoms with Gasteiger partial charge < -0.3 is 14.7 Å². The Morgan fingerprint density at radius 2 is 2.13 bits per heavy atom. The second-order valence-electron chi connectivity index (χ2n) is 8.59. The van der Waals surface area contributed by atoms with E-state index in [1.54, 1.807) is 40.0 Å². The van der Waals surface area contributed by atoms with Crippen LogP contribution in [0.2, 0.25) is 0 Å². The topological polar surface area (TPSA) is 91.2 Å². The first-order valence-electron chi connectivity index (χ1n) is 10.00. The van der Waals surface area contributed by atoms with Gasteiger partial charge in [0.15, 0.2) is 17.4 Å². The SMILES string of the molecule is CN=C=C1C[C@@H]2CN(C(=O)OC(C)(C)C)c3nnc(-c4cccc(F)c4O)cc3N2C1. The van der Waals surface area contributed by atoms with Crippen molar-refractivity contribution in [3.63, 3.8) is 0 Å². The number of fused-ring (bicyclic) bond motifs is 3. The van der Waals surface area contributed by atoms with Gasteiger partial charge in [0.05, 0.1) is 24.0 Å². The zero-order valence-corrected chi connectivity index (χ0v) is 17.9. The first-order chi connectivity index (χ1) is 14.7. The Bertz CT molecular complexity index is 1100. The molecule has 1 aromatic carbocycles. The van der Waals surface area contributed by atoms with Crippen LogP contribution in [-0.4, -0.2) is 59.0 Å². The van der Waals surface area contributed by atoms with Gasteiger partial charge in [-0.05, 0) is 44.8 Å². The van der Waals surface area contributed by atoms with E-state index in [0.29, 0.717) is 36.7 Å². The van der Waals surface area contributed by atoms with E-state index in [4.69, 9.17) is 4.74 Å². The smallest absolute Gasteiger partial charge is 0.416 e. The van der Waals surface area contributed by atoms with Gasteiger partial charge in [-0.1, -0.05) is 6.07 Å². The second kappa shape index (κ2) is 7.67. The highest BCUT2D eigenvalue weighted by Gasteiger charge is 2.41. The van der Waals surface area contributed by atoms with Gasteiger partial charge in [-0.2, -0.15) is 0 Å². The molecule has 1 atom stereocenters. The molecular weight excluding hydrogens is 401 g/mol. The molecule has 0 saturated carbocycles. The highest BCUT2D eigenvalue weighted by Crippen LogP contribution is 2.42. The lowest BCUT2D eigenvalue weighted by molar-refractivity contribution is 0.0575. The first kappa shape index (κ1) is 20.8. The standard InChI is InChI=1S/C22H24FN5O3/c1-22(2,3)31-21(30)28-12-14-8-13(10-24-4)11-27(14)18-9-17(25-26-20(18)28)15-6-5-7-16(23)19(15)29/h5-7,9,14,29H,8,11-12H2,1-4H3/t14-/m1/s1. The molecular formula is C22H24FN5O3. The zero-order valence-electron chi connectivity index (χ0n) is 17.9. The van der Waals surface area contributed by atoms with Crippen LogP contribution >= 0.6 is 0 Å². The monoisotopic (exact) mass is 425 g/mol. The van der Waals surface area contributed by atoms with Crippen LogP contribution in [0.4, 0.5) is 20.7 Å². The van der Waals surface area contributed by atoms with E-state index in [0.717, 1.165) is 5.57 Å². The van der Waals surface area contributed by atoms with Crippen molar-refractivity contribution in [3.8, 4) is 17.0 Å². The zero-order chi connectivity index (χ0) is 22.3. The van der Waals surface area contributed by atoms with E-state index in [9.17, 15) is 14.3 Å². The van der Waals surface area contributed by atoms with Gasteiger partial charge in [0.2, 0.25) is 0 Å². The van der Waals surface area contributed by atoms with E-state index >= 15 is 0 Å². The molecule has 4 rings (SSSR count). The molecule has 8 nitrogen and oxygen atoms in total. The number of nitrogens with zero attached hydrogens (tertiary/aromatic N) is 5. The minimum absolute atomic E-state index is 0.0116. The van der Waals surface area contributed by atoms with Crippen molar-refractivity contribution in [2.45, 2.75) is 38.8 Å². The largest absolute Gasteiger partial charge is 0.504 e. The molecule has 0 spiro atoms. The number of aliphatic imine (C=N–C) groups is 1. The number of hydrogen-bond donors (Lipinski definition) is 1. The summed E-state index contributed by atoms with van der Waals surface area (Å²) < 4.78 is 19.5. The predicted molar refractivity (Wildman–Crippen MR) is 115 cm³/mol. The maximum atomic E-state index is 13.9. The van der Waals surface area contributed by atoms with Crippen LogP contribution in [0.3, 0.4) is 0 Å². The third-order valence-corrected chi connectivity index (χ3v) is 5.14. The normalized spacial score (nSPS) is 17.7. The summed E-state index contributed by atoms with van der Waals surface area (Å²) in [5.41, 5.74) is 1.54. The summed E-state index contributed by atoms with van der Waals surface area (Å²) >= 11 is 0. The molecule has 1 aromatic heterocycles. The van der Waals surface area contributed by atoms with Crippen molar-refractivity contribution < 1.29 is 19.0 Å². The van der Waals surface area contributed by atoms with Gasteiger partial charge in [-0.25, -0.2) is 14.2 Å². The number of benzene rings is 1. The van der Waals surface area contributed by atoms with Gasteiger partial charge >= 0.3 is 6.09 Å². The number of phenolic OH excluding ortho intramolecular Hbond substituents is 1. The Labute approximate surface area is 179 Å². The van der Waals surface area contributed by atoms with E-state index in [-0.39, 0.29) is 11.6 Å². The maximum absolute atomic E-state index is 13.9. The number of carbonyl (C=O) groups excluding carboxylic acids is 1.